The van der Waals surface area contributed by atoms with Crippen LogP contribution in [0.2, 0.25) is 5.02 Å². The fourth-order valence-corrected chi connectivity index (χ4v) is 5.73. The molecule has 0 N–H and O–H groups in total. The van der Waals surface area contributed by atoms with E-state index in [0.717, 1.165) is 12.3 Å². The highest BCUT2D eigenvalue weighted by Gasteiger charge is 2.36. The fourth-order valence-electron chi connectivity index (χ4n) is 3.17. The molecule has 29 heavy (non-hydrogen) atoms. The van der Waals surface area contributed by atoms with Crippen molar-refractivity contribution in [3.63, 3.8) is 0 Å². The lowest BCUT2D eigenvalue weighted by atomic mass is 10.1. The number of sulfone groups is 2. The van der Waals surface area contributed by atoms with Crippen molar-refractivity contribution in [2.24, 2.45) is 0 Å². The lowest BCUT2D eigenvalue weighted by Crippen LogP contribution is -2.48. The first-order chi connectivity index (χ1) is 13.4. The number of esters is 1. The van der Waals surface area contributed by atoms with E-state index >= 15 is 0 Å². The number of nitrogens with zero attached hydrogens (tertiary/aromatic N) is 1. The van der Waals surface area contributed by atoms with E-state index in [9.17, 15) is 26.4 Å². The van der Waals surface area contributed by atoms with Gasteiger partial charge in [0, 0.05) is 18.3 Å². The van der Waals surface area contributed by atoms with E-state index in [1.54, 1.807) is 6.92 Å². The molecule has 0 aromatic heterocycles. The number of amides is 1. The van der Waals surface area contributed by atoms with Crippen LogP contribution in [0.3, 0.4) is 0 Å². The van der Waals surface area contributed by atoms with Crippen LogP contribution in [0.4, 0.5) is 0 Å². The topological polar surface area (TPSA) is 115 Å². The van der Waals surface area contributed by atoms with E-state index in [2.05, 4.69) is 0 Å². The average molecular weight is 466 g/mol. The zero-order chi connectivity index (χ0) is 22.0. The quantitative estimate of drug-likeness (QED) is 0.563. The molecule has 0 radical (unpaired) electrons. The van der Waals surface area contributed by atoms with Crippen molar-refractivity contribution in [1.29, 1.82) is 0 Å². The minimum absolute atomic E-state index is 0.00415. The van der Waals surface area contributed by atoms with E-state index in [-0.39, 0.29) is 33.0 Å². The molecule has 0 bridgehead atoms. The van der Waals surface area contributed by atoms with Gasteiger partial charge in [-0.3, -0.25) is 4.79 Å². The molecule has 1 aliphatic heterocycles. The molecule has 11 heteroatoms. The Kier molecular flexibility index (Phi) is 7.34. The molecule has 1 aromatic carbocycles. The van der Waals surface area contributed by atoms with Gasteiger partial charge in [-0.05, 0) is 38.0 Å². The monoisotopic (exact) mass is 465 g/mol. The van der Waals surface area contributed by atoms with Crippen LogP contribution in [-0.2, 0) is 29.2 Å². The summed E-state index contributed by atoms with van der Waals surface area (Å²) in [4.78, 5) is 26.4. The van der Waals surface area contributed by atoms with E-state index in [0.29, 0.717) is 12.8 Å². The largest absolute Gasteiger partial charge is 0.452 e. The van der Waals surface area contributed by atoms with Gasteiger partial charge in [0.2, 0.25) is 0 Å². The van der Waals surface area contributed by atoms with E-state index in [1.165, 1.54) is 17.0 Å². The van der Waals surface area contributed by atoms with Crippen molar-refractivity contribution in [3.8, 4) is 0 Å². The second kappa shape index (κ2) is 9.01. The van der Waals surface area contributed by atoms with Crippen LogP contribution in [-0.4, -0.2) is 70.1 Å². The summed E-state index contributed by atoms with van der Waals surface area (Å²) in [5.74, 6) is -1.53. The third-order valence-electron chi connectivity index (χ3n) is 4.87. The minimum Gasteiger partial charge on any atom is -0.452 e. The Labute approximate surface area is 176 Å². The van der Waals surface area contributed by atoms with Gasteiger partial charge in [0.25, 0.3) is 5.91 Å². The van der Waals surface area contributed by atoms with Crippen molar-refractivity contribution in [1.82, 2.24) is 4.90 Å². The van der Waals surface area contributed by atoms with Crippen LogP contribution >= 0.6 is 11.6 Å². The van der Waals surface area contributed by atoms with E-state index < -0.39 is 44.2 Å². The third kappa shape index (κ3) is 5.93. The standard InChI is InChI=1S/C18H24ClNO7S2/c1-4-12(2)20(13-7-8-29(25,26)11-13)17(21)10-27-18(22)15-9-14(28(3,23)24)5-6-16(15)19/h5-6,9,12-13H,4,7-8,10-11H2,1-3H3. The highest BCUT2D eigenvalue weighted by atomic mass is 35.5. The maximum absolute atomic E-state index is 12.7. The second-order valence-corrected chi connectivity index (χ2v) is 11.8. The molecule has 1 aliphatic rings. The highest BCUT2D eigenvalue weighted by molar-refractivity contribution is 7.91. The van der Waals surface area contributed by atoms with Gasteiger partial charge >= 0.3 is 5.97 Å². The van der Waals surface area contributed by atoms with Gasteiger partial charge < -0.3 is 9.64 Å². The number of ether oxygens (including phenoxy) is 1. The summed E-state index contributed by atoms with van der Waals surface area (Å²) in [7, 11) is -6.75. The number of benzene rings is 1. The SMILES string of the molecule is CCC(C)N(C(=O)COC(=O)c1cc(S(C)(=O)=O)ccc1Cl)C1CCS(=O)(=O)C1. The molecule has 1 saturated heterocycles. The van der Waals surface area contributed by atoms with Gasteiger partial charge in [-0.15, -0.1) is 0 Å². The summed E-state index contributed by atoms with van der Waals surface area (Å²) < 4.78 is 52.0. The number of rotatable bonds is 7. The van der Waals surface area contributed by atoms with Crippen molar-refractivity contribution in [3.05, 3.63) is 28.8 Å². The maximum atomic E-state index is 12.7. The predicted octanol–water partition coefficient (Wildman–Crippen LogP) is 1.71. The number of hydrogen-bond donors (Lipinski definition) is 0. The van der Waals surface area contributed by atoms with Gasteiger partial charge in [0.05, 0.1) is 27.0 Å². The minimum atomic E-state index is -3.56. The van der Waals surface area contributed by atoms with Crippen LogP contribution in [0.25, 0.3) is 0 Å². The highest BCUT2D eigenvalue weighted by Crippen LogP contribution is 2.23. The fraction of sp³-hybridized carbons (Fsp3) is 0.556. The Bertz CT molecular complexity index is 1010. The lowest BCUT2D eigenvalue weighted by Gasteiger charge is -2.33. The number of hydrogen-bond acceptors (Lipinski definition) is 7. The van der Waals surface area contributed by atoms with Crippen molar-refractivity contribution >= 4 is 43.2 Å². The Hall–Kier alpha value is -1.65. The summed E-state index contributed by atoms with van der Waals surface area (Å²) in [6.45, 7) is 3.08. The summed E-state index contributed by atoms with van der Waals surface area (Å²) in [5, 5.41) is -0.00415. The molecule has 8 nitrogen and oxygen atoms in total. The van der Waals surface area contributed by atoms with E-state index in [4.69, 9.17) is 16.3 Å². The zero-order valence-electron chi connectivity index (χ0n) is 16.4. The van der Waals surface area contributed by atoms with Crippen molar-refractivity contribution in [2.75, 3.05) is 24.4 Å². The average Bonchev–Trinajstić information content (AvgIpc) is 2.98. The Morgan fingerprint density at radius 2 is 2.00 bits per heavy atom. The summed E-state index contributed by atoms with van der Waals surface area (Å²) in [5.41, 5.74) is -0.166. The smallest absolute Gasteiger partial charge is 0.340 e. The van der Waals surface area contributed by atoms with Crippen LogP contribution < -0.4 is 0 Å². The van der Waals surface area contributed by atoms with E-state index in [1.807, 2.05) is 6.92 Å². The van der Waals surface area contributed by atoms with Crippen molar-refractivity contribution < 1.29 is 31.2 Å². The Morgan fingerprint density at radius 1 is 1.34 bits per heavy atom. The lowest BCUT2D eigenvalue weighted by molar-refractivity contribution is -0.138. The van der Waals surface area contributed by atoms with Crippen LogP contribution in [0.5, 0.6) is 0 Å². The molecule has 1 heterocycles. The molecule has 1 amide bonds. The predicted molar refractivity (Wildman–Crippen MR) is 109 cm³/mol. The molecule has 0 aliphatic carbocycles. The molecular weight excluding hydrogens is 442 g/mol. The molecule has 0 saturated carbocycles. The van der Waals surface area contributed by atoms with Gasteiger partial charge in [0.1, 0.15) is 0 Å². The van der Waals surface area contributed by atoms with Gasteiger partial charge in [-0.2, -0.15) is 0 Å². The first kappa shape index (κ1) is 23.6. The molecule has 162 valence electrons. The van der Waals surface area contributed by atoms with Gasteiger partial charge in [-0.1, -0.05) is 18.5 Å². The number of carbonyl (C=O) groups is 2. The number of halogens is 1. The summed E-state index contributed by atoms with van der Waals surface area (Å²) in [6.07, 6.45) is 1.95. The maximum Gasteiger partial charge on any atom is 0.340 e. The van der Waals surface area contributed by atoms with Crippen LogP contribution in [0, 0.1) is 0 Å². The van der Waals surface area contributed by atoms with Gasteiger partial charge in [-0.25, -0.2) is 21.6 Å². The molecule has 1 aromatic rings. The summed E-state index contributed by atoms with van der Waals surface area (Å²) in [6, 6.07) is 2.95. The van der Waals surface area contributed by atoms with Crippen LogP contribution in [0.15, 0.2) is 23.1 Å². The van der Waals surface area contributed by atoms with Crippen LogP contribution in [0.1, 0.15) is 37.0 Å². The van der Waals surface area contributed by atoms with Gasteiger partial charge in [0.15, 0.2) is 26.3 Å². The molecule has 2 unspecified atom stereocenters. The zero-order valence-corrected chi connectivity index (χ0v) is 18.8. The third-order valence-corrected chi connectivity index (χ3v) is 8.06. The van der Waals surface area contributed by atoms with Crippen molar-refractivity contribution in [2.45, 2.75) is 43.7 Å². The molecular formula is C18H24ClNO7S2. The molecule has 1 fully saturated rings. The normalized spacial score (nSPS) is 19.5. The molecule has 2 rings (SSSR count). The molecule has 0 spiro atoms. The summed E-state index contributed by atoms with van der Waals surface area (Å²) >= 11 is 5.97. The number of carbonyl (C=O) groups excluding carboxylic acids is 2. The Morgan fingerprint density at radius 3 is 2.52 bits per heavy atom. The molecule has 2 atom stereocenters. The second-order valence-electron chi connectivity index (χ2n) is 7.11. The first-order valence-corrected chi connectivity index (χ1v) is 13.1. The Balaban J connectivity index is 2.15. The first-order valence-electron chi connectivity index (χ1n) is 9.04.